The highest BCUT2D eigenvalue weighted by atomic mass is 32.2. The van der Waals surface area contributed by atoms with Gasteiger partial charge in [0.2, 0.25) is 5.16 Å². The molecule has 6 heteroatoms. The number of aromatic nitrogens is 3. The summed E-state index contributed by atoms with van der Waals surface area (Å²) in [7, 11) is 0. The Balaban J connectivity index is 2.30. The average molecular weight is 235 g/mol. The zero-order valence-electron chi connectivity index (χ0n) is 9.14. The first kappa shape index (κ1) is 10.8. The van der Waals surface area contributed by atoms with Gasteiger partial charge in [0.15, 0.2) is 0 Å². The van der Waals surface area contributed by atoms with Gasteiger partial charge >= 0.3 is 0 Å². The molecule has 0 bridgehead atoms. The molecular formula is C10H13N5S. The molecule has 0 amide bonds. The Labute approximate surface area is 97.8 Å². The van der Waals surface area contributed by atoms with Crippen molar-refractivity contribution in [1.82, 2.24) is 14.9 Å². The standard InChI is InChI=1S/C10H13N5S/c1-6-3-4-9(8(11)5-6)16-10-14-13-7(2)15(10)12/h3-5H,11-12H2,1-2H3. The van der Waals surface area contributed by atoms with Crippen molar-refractivity contribution in [3.05, 3.63) is 29.6 Å². The van der Waals surface area contributed by atoms with Crippen LogP contribution in [0.3, 0.4) is 0 Å². The fraction of sp³-hybridized carbons (Fsp3) is 0.200. The summed E-state index contributed by atoms with van der Waals surface area (Å²) in [6.45, 7) is 3.80. The molecule has 0 aliphatic rings. The summed E-state index contributed by atoms with van der Waals surface area (Å²) in [6, 6.07) is 5.88. The molecule has 1 aromatic heterocycles. The number of nitrogen functional groups attached to an aromatic ring is 2. The normalized spacial score (nSPS) is 10.6. The van der Waals surface area contributed by atoms with Crippen LogP contribution < -0.4 is 11.6 Å². The number of nitrogens with two attached hydrogens (primary N) is 2. The quantitative estimate of drug-likeness (QED) is 0.606. The molecule has 2 rings (SSSR count). The average Bonchev–Trinajstić information content (AvgIpc) is 2.54. The van der Waals surface area contributed by atoms with Crippen LogP contribution in [-0.4, -0.2) is 14.9 Å². The predicted octanol–water partition coefficient (Wildman–Crippen LogP) is 1.34. The van der Waals surface area contributed by atoms with E-state index in [-0.39, 0.29) is 0 Å². The van der Waals surface area contributed by atoms with Gasteiger partial charge in [-0.3, -0.25) is 0 Å². The zero-order chi connectivity index (χ0) is 11.7. The van der Waals surface area contributed by atoms with Crippen molar-refractivity contribution in [3.63, 3.8) is 0 Å². The Morgan fingerprint density at radius 3 is 2.56 bits per heavy atom. The number of aryl methyl sites for hydroxylation is 2. The van der Waals surface area contributed by atoms with Crippen molar-refractivity contribution in [1.29, 1.82) is 0 Å². The van der Waals surface area contributed by atoms with E-state index in [9.17, 15) is 0 Å². The first-order chi connectivity index (χ1) is 7.58. The summed E-state index contributed by atoms with van der Waals surface area (Å²) in [5, 5.41) is 8.49. The van der Waals surface area contributed by atoms with Crippen molar-refractivity contribution < 1.29 is 0 Å². The number of nitrogens with zero attached hydrogens (tertiary/aromatic N) is 3. The van der Waals surface area contributed by atoms with Crippen LogP contribution in [0, 0.1) is 13.8 Å². The maximum absolute atomic E-state index is 5.91. The minimum Gasteiger partial charge on any atom is -0.398 e. The lowest BCUT2D eigenvalue weighted by molar-refractivity contribution is 0.825. The van der Waals surface area contributed by atoms with Crippen LogP contribution in [0.25, 0.3) is 0 Å². The van der Waals surface area contributed by atoms with E-state index < -0.39 is 0 Å². The molecule has 84 valence electrons. The van der Waals surface area contributed by atoms with Crippen molar-refractivity contribution in [2.24, 2.45) is 0 Å². The summed E-state index contributed by atoms with van der Waals surface area (Å²) < 4.78 is 1.45. The molecule has 0 radical (unpaired) electrons. The number of benzene rings is 1. The lowest BCUT2D eigenvalue weighted by Crippen LogP contribution is -2.11. The fourth-order valence-corrected chi connectivity index (χ4v) is 2.10. The van der Waals surface area contributed by atoms with E-state index in [1.807, 2.05) is 25.1 Å². The highest BCUT2D eigenvalue weighted by Gasteiger charge is 2.09. The van der Waals surface area contributed by atoms with Gasteiger partial charge in [0.25, 0.3) is 0 Å². The van der Waals surface area contributed by atoms with Gasteiger partial charge in [0, 0.05) is 10.6 Å². The molecule has 0 aliphatic heterocycles. The van der Waals surface area contributed by atoms with Crippen LogP contribution in [-0.2, 0) is 0 Å². The minimum absolute atomic E-state index is 0.632. The third kappa shape index (κ3) is 1.96. The van der Waals surface area contributed by atoms with Crippen LogP contribution >= 0.6 is 11.8 Å². The second kappa shape index (κ2) is 4.05. The Morgan fingerprint density at radius 2 is 2.00 bits per heavy atom. The van der Waals surface area contributed by atoms with E-state index in [0.717, 1.165) is 16.1 Å². The van der Waals surface area contributed by atoms with Crippen LogP contribution in [0.2, 0.25) is 0 Å². The van der Waals surface area contributed by atoms with Gasteiger partial charge in [-0.05, 0) is 43.3 Å². The molecule has 0 atom stereocenters. The summed E-state index contributed by atoms with van der Waals surface area (Å²) in [5.41, 5.74) is 7.77. The van der Waals surface area contributed by atoms with Gasteiger partial charge < -0.3 is 11.6 Å². The third-order valence-electron chi connectivity index (χ3n) is 2.20. The van der Waals surface area contributed by atoms with E-state index in [1.165, 1.54) is 16.4 Å². The smallest absolute Gasteiger partial charge is 0.214 e. The fourth-order valence-electron chi connectivity index (χ4n) is 1.28. The van der Waals surface area contributed by atoms with Crippen LogP contribution in [0.4, 0.5) is 5.69 Å². The first-order valence-corrected chi connectivity index (χ1v) is 5.60. The van der Waals surface area contributed by atoms with Crippen molar-refractivity contribution in [3.8, 4) is 0 Å². The van der Waals surface area contributed by atoms with E-state index in [4.69, 9.17) is 11.6 Å². The SMILES string of the molecule is Cc1ccc(Sc2nnc(C)n2N)c(N)c1. The highest BCUT2D eigenvalue weighted by Crippen LogP contribution is 2.30. The van der Waals surface area contributed by atoms with Gasteiger partial charge in [0.05, 0.1) is 0 Å². The van der Waals surface area contributed by atoms with Crippen LogP contribution in [0.15, 0.2) is 28.3 Å². The maximum Gasteiger partial charge on any atom is 0.214 e. The Kier molecular flexibility index (Phi) is 2.74. The molecule has 0 unspecified atom stereocenters. The minimum atomic E-state index is 0.632. The van der Waals surface area contributed by atoms with E-state index in [1.54, 1.807) is 6.92 Å². The summed E-state index contributed by atoms with van der Waals surface area (Å²) in [4.78, 5) is 0.935. The summed E-state index contributed by atoms with van der Waals surface area (Å²) in [6.07, 6.45) is 0. The molecule has 0 aliphatic carbocycles. The second-order valence-electron chi connectivity index (χ2n) is 3.54. The first-order valence-electron chi connectivity index (χ1n) is 4.79. The lowest BCUT2D eigenvalue weighted by atomic mass is 10.2. The molecule has 0 saturated heterocycles. The van der Waals surface area contributed by atoms with E-state index >= 15 is 0 Å². The van der Waals surface area contributed by atoms with Gasteiger partial charge in [0.1, 0.15) is 5.82 Å². The molecule has 0 spiro atoms. The molecule has 16 heavy (non-hydrogen) atoms. The maximum atomic E-state index is 5.91. The molecule has 0 fully saturated rings. The Bertz CT molecular complexity index is 520. The molecular weight excluding hydrogens is 222 g/mol. The highest BCUT2D eigenvalue weighted by molar-refractivity contribution is 7.99. The number of rotatable bonds is 2. The monoisotopic (exact) mass is 235 g/mol. The summed E-state index contributed by atoms with van der Waals surface area (Å²) in [5.74, 6) is 6.43. The number of hydrogen-bond donors (Lipinski definition) is 2. The molecule has 5 nitrogen and oxygen atoms in total. The number of hydrogen-bond acceptors (Lipinski definition) is 5. The van der Waals surface area contributed by atoms with Crippen LogP contribution in [0.5, 0.6) is 0 Å². The second-order valence-corrected chi connectivity index (χ2v) is 4.55. The van der Waals surface area contributed by atoms with E-state index in [2.05, 4.69) is 10.2 Å². The Hall–Kier alpha value is -1.69. The molecule has 1 aromatic carbocycles. The molecule has 4 N–H and O–H groups in total. The van der Waals surface area contributed by atoms with Gasteiger partial charge in [-0.2, -0.15) is 0 Å². The largest absolute Gasteiger partial charge is 0.398 e. The van der Waals surface area contributed by atoms with Crippen molar-refractivity contribution >= 4 is 17.4 Å². The van der Waals surface area contributed by atoms with Crippen molar-refractivity contribution in [2.75, 3.05) is 11.6 Å². The molecule has 2 aromatic rings. The van der Waals surface area contributed by atoms with Gasteiger partial charge in [-0.25, -0.2) is 4.68 Å². The third-order valence-corrected chi connectivity index (χ3v) is 3.25. The topological polar surface area (TPSA) is 82.8 Å². The predicted molar refractivity (Wildman–Crippen MR) is 64.6 cm³/mol. The van der Waals surface area contributed by atoms with Crippen LogP contribution in [0.1, 0.15) is 11.4 Å². The van der Waals surface area contributed by atoms with Gasteiger partial charge in [-0.15, -0.1) is 10.2 Å². The number of anilines is 1. The van der Waals surface area contributed by atoms with E-state index in [0.29, 0.717) is 11.0 Å². The molecule has 0 saturated carbocycles. The molecule has 1 heterocycles. The Morgan fingerprint density at radius 1 is 1.25 bits per heavy atom. The van der Waals surface area contributed by atoms with Crippen molar-refractivity contribution in [2.45, 2.75) is 23.9 Å². The summed E-state index contributed by atoms with van der Waals surface area (Å²) >= 11 is 1.41. The lowest BCUT2D eigenvalue weighted by Gasteiger charge is -2.05. The zero-order valence-corrected chi connectivity index (χ0v) is 9.95. The van der Waals surface area contributed by atoms with Gasteiger partial charge in [-0.1, -0.05) is 6.07 Å².